The van der Waals surface area contributed by atoms with Crippen LogP contribution in [0.4, 0.5) is 0 Å². The Morgan fingerprint density at radius 3 is 2.64 bits per heavy atom. The molecule has 14 heavy (non-hydrogen) atoms. The minimum atomic E-state index is -1.43. The molecular weight excluding hydrogens is 188 g/mol. The molecule has 0 aliphatic carbocycles. The highest BCUT2D eigenvalue weighted by Gasteiger charge is 2.47. The average molecular weight is 204 g/mol. The molecule has 0 spiro atoms. The van der Waals surface area contributed by atoms with Gasteiger partial charge in [-0.05, 0) is 0 Å². The summed E-state index contributed by atoms with van der Waals surface area (Å²) in [6.45, 7) is 2.13. The van der Waals surface area contributed by atoms with Crippen molar-refractivity contribution in [3.05, 3.63) is 0 Å². The number of rotatable bonds is 2. The molecule has 0 aromatic heterocycles. The van der Waals surface area contributed by atoms with Crippen LogP contribution in [0, 0.1) is 5.92 Å². The Bertz CT molecular complexity index is 217. The molecule has 1 fully saturated rings. The lowest BCUT2D eigenvalue weighted by molar-refractivity contribution is -0.271. The third-order valence-electron chi connectivity index (χ3n) is 2.54. The van der Waals surface area contributed by atoms with Crippen LogP contribution in [0.3, 0.4) is 0 Å². The van der Waals surface area contributed by atoms with Gasteiger partial charge in [-0.3, -0.25) is 0 Å². The summed E-state index contributed by atoms with van der Waals surface area (Å²) in [6, 6.07) is 0. The minimum absolute atomic E-state index is 0.00271. The summed E-state index contributed by atoms with van der Waals surface area (Å²) in [5.74, 6) is -2.03. The quantitative estimate of drug-likeness (QED) is 0.637. The number of aliphatic hydroxyl groups is 1. The summed E-state index contributed by atoms with van der Waals surface area (Å²) < 4.78 is 14.9. The Balaban J connectivity index is 2.76. The lowest BCUT2D eigenvalue weighted by Crippen LogP contribution is -2.53. The van der Waals surface area contributed by atoms with E-state index in [-0.39, 0.29) is 18.9 Å². The molecule has 0 aromatic rings. The van der Waals surface area contributed by atoms with Gasteiger partial charge in [-0.1, -0.05) is 6.92 Å². The van der Waals surface area contributed by atoms with Crippen LogP contribution in [0.5, 0.6) is 0 Å². The van der Waals surface area contributed by atoms with Crippen LogP contribution in [0.2, 0.25) is 0 Å². The summed E-state index contributed by atoms with van der Waals surface area (Å²) >= 11 is 0. The summed E-state index contributed by atoms with van der Waals surface area (Å²) in [6.07, 6.45) is -0.500. The Morgan fingerprint density at radius 2 is 2.21 bits per heavy atom. The first kappa shape index (κ1) is 11.4. The Kier molecular flexibility index (Phi) is 3.47. The summed E-state index contributed by atoms with van der Waals surface area (Å²) in [7, 11) is 2.62. The lowest BCUT2D eigenvalue weighted by atomic mass is 9.94. The summed E-state index contributed by atoms with van der Waals surface area (Å²) in [4.78, 5) is 11.4. The van der Waals surface area contributed by atoms with E-state index in [2.05, 4.69) is 4.74 Å². The van der Waals surface area contributed by atoms with Crippen molar-refractivity contribution in [3.8, 4) is 0 Å². The number of esters is 1. The Hall–Kier alpha value is -0.650. The van der Waals surface area contributed by atoms with Crippen molar-refractivity contribution in [2.45, 2.75) is 25.2 Å². The van der Waals surface area contributed by atoms with E-state index >= 15 is 0 Å². The number of carbonyl (C=O) groups is 1. The van der Waals surface area contributed by atoms with Gasteiger partial charge in [0.15, 0.2) is 0 Å². The number of aliphatic hydroxyl groups excluding tert-OH is 1. The van der Waals surface area contributed by atoms with Gasteiger partial charge in [-0.15, -0.1) is 0 Å². The molecule has 82 valence electrons. The van der Waals surface area contributed by atoms with Crippen LogP contribution in [0.1, 0.15) is 13.3 Å². The zero-order valence-electron chi connectivity index (χ0n) is 8.65. The van der Waals surface area contributed by atoms with E-state index in [4.69, 9.17) is 9.47 Å². The molecule has 0 amide bonds. The van der Waals surface area contributed by atoms with E-state index in [1.54, 1.807) is 0 Å². The maximum absolute atomic E-state index is 11.4. The average Bonchev–Trinajstić information content (AvgIpc) is 2.21. The molecule has 1 aliphatic heterocycles. The lowest BCUT2D eigenvalue weighted by Gasteiger charge is -2.38. The van der Waals surface area contributed by atoms with Crippen LogP contribution in [0.15, 0.2) is 0 Å². The SMILES string of the molecule is COC(=O)[C@]1(OC)C[C@H](O)[C@H](C)CO1. The minimum Gasteiger partial charge on any atom is -0.465 e. The number of hydrogen-bond acceptors (Lipinski definition) is 5. The molecule has 1 rings (SSSR count). The molecule has 0 unspecified atom stereocenters. The first-order valence-corrected chi connectivity index (χ1v) is 4.51. The molecule has 1 heterocycles. The van der Waals surface area contributed by atoms with Gasteiger partial charge in [0.25, 0.3) is 5.79 Å². The van der Waals surface area contributed by atoms with E-state index < -0.39 is 17.9 Å². The molecule has 3 atom stereocenters. The molecule has 1 saturated heterocycles. The fourth-order valence-electron chi connectivity index (χ4n) is 1.44. The highest BCUT2D eigenvalue weighted by atomic mass is 16.7. The largest absolute Gasteiger partial charge is 0.465 e. The summed E-state index contributed by atoms with van der Waals surface area (Å²) in [5, 5.41) is 9.62. The third-order valence-corrected chi connectivity index (χ3v) is 2.54. The van der Waals surface area contributed by atoms with Crippen molar-refractivity contribution in [1.29, 1.82) is 0 Å². The molecule has 0 saturated carbocycles. The molecule has 1 N–H and O–H groups in total. The van der Waals surface area contributed by atoms with E-state index in [0.717, 1.165) is 0 Å². The highest BCUT2D eigenvalue weighted by molar-refractivity contribution is 5.77. The normalized spacial score (nSPS) is 38.0. The van der Waals surface area contributed by atoms with Gasteiger partial charge in [0, 0.05) is 19.4 Å². The molecule has 5 nitrogen and oxygen atoms in total. The van der Waals surface area contributed by atoms with Crippen molar-refractivity contribution in [2.75, 3.05) is 20.8 Å². The number of methoxy groups -OCH3 is 2. The van der Waals surface area contributed by atoms with Crippen LogP contribution >= 0.6 is 0 Å². The number of carbonyl (C=O) groups excluding carboxylic acids is 1. The molecule has 0 aromatic carbocycles. The van der Waals surface area contributed by atoms with Crippen molar-refractivity contribution in [1.82, 2.24) is 0 Å². The standard InChI is InChI=1S/C9H16O5/c1-6-5-14-9(13-3,4-7(6)10)8(11)12-2/h6-7,10H,4-5H2,1-3H3/t6-,7+,9+/m1/s1. The molecule has 1 aliphatic rings. The molecule has 0 radical (unpaired) electrons. The topological polar surface area (TPSA) is 65.0 Å². The zero-order valence-corrected chi connectivity index (χ0v) is 8.65. The summed E-state index contributed by atoms with van der Waals surface area (Å²) in [5.41, 5.74) is 0. The third kappa shape index (κ3) is 1.89. The van der Waals surface area contributed by atoms with E-state index in [1.807, 2.05) is 6.92 Å². The van der Waals surface area contributed by atoms with E-state index in [0.29, 0.717) is 0 Å². The first-order chi connectivity index (χ1) is 6.55. The van der Waals surface area contributed by atoms with E-state index in [9.17, 15) is 9.90 Å². The van der Waals surface area contributed by atoms with Gasteiger partial charge >= 0.3 is 5.97 Å². The van der Waals surface area contributed by atoms with Crippen molar-refractivity contribution >= 4 is 5.97 Å². The number of ether oxygens (including phenoxy) is 3. The number of hydrogen-bond donors (Lipinski definition) is 1. The van der Waals surface area contributed by atoms with Crippen molar-refractivity contribution in [3.63, 3.8) is 0 Å². The van der Waals surface area contributed by atoms with E-state index in [1.165, 1.54) is 14.2 Å². The van der Waals surface area contributed by atoms with Crippen LogP contribution < -0.4 is 0 Å². The first-order valence-electron chi connectivity index (χ1n) is 4.51. The van der Waals surface area contributed by atoms with Crippen LogP contribution in [-0.2, 0) is 19.0 Å². The molecular formula is C9H16O5. The van der Waals surface area contributed by atoms with Gasteiger partial charge in [0.2, 0.25) is 0 Å². The second-order valence-corrected chi connectivity index (χ2v) is 3.51. The van der Waals surface area contributed by atoms with Gasteiger partial charge in [0.1, 0.15) is 0 Å². The Morgan fingerprint density at radius 1 is 1.57 bits per heavy atom. The van der Waals surface area contributed by atoms with Crippen molar-refractivity contribution < 1.29 is 24.1 Å². The maximum atomic E-state index is 11.4. The van der Waals surface area contributed by atoms with Crippen LogP contribution in [0.25, 0.3) is 0 Å². The van der Waals surface area contributed by atoms with Gasteiger partial charge < -0.3 is 19.3 Å². The second kappa shape index (κ2) is 4.25. The highest BCUT2D eigenvalue weighted by Crippen LogP contribution is 2.30. The van der Waals surface area contributed by atoms with Gasteiger partial charge in [-0.2, -0.15) is 0 Å². The smallest absolute Gasteiger partial charge is 0.366 e. The monoisotopic (exact) mass is 204 g/mol. The Labute approximate surface area is 82.9 Å². The zero-order chi connectivity index (χ0) is 10.8. The molecule has 0 bridgehead atoms. The van der Waals surface area contributed by atoms with Crippen molar-refractivity contribution in [2.24, 2.45) is 5.92 Å². The maximum Gasteiger partial charge on any atom is 0.366 e. The molecule has 5 heteroatoms. The van der Waals surface area contributed by atoms with Gasteiger partial charge in [-0.25, -0.2) is 4.79 Å². The van der Waals surface area contributed by atoms with Gasteiger partial charge in [0.05, 0.1) is 19.8 Å². The second-order valence-electron chi connectivity index (χ2n) is 3.51. The van der Waals surface area contributed by atoms with Crippen LogP contribution in [-0.4, -0.2) is 43.8 Å². The predicted molar refractivity (Wildman–Crippen MR) is 47.5 cm³/mol. The predicted octanol–water partition coefficient (Wildman–Crippen LogP) is -0.0806. The fraction of sp³-hybridized carbons (Fsp3) is 0.889. The fourth-order valence-corrected chi connectivity index (χ4v) is 1.44.